The number of nitrogens with zero attached hydrogens (tertiary/aromatic N) is 1. The minimum absolute atomic E-state index is 0.256. The van der Waals surface area contributed by atoms with Gasteiger partial charge in [0.25, 0.3) is 5.91 Å². The first-order valence-electron chi connectivity index (χ1n) is 8.52. The Morgan fingerprint density at radius 2 is 1.73 bits per heavy atom. The number of halogens is 1. The van der Waals surface area contributed by atoms with Crippen LogP contribution in [0, 0.1) is 0 Å². The molecule has 1 aromatic heterocycles. The summed E-state index contributed by atoms with van der Waals surface area (Å²) in [6.07, 6.45) is 2.94. The molecule has 5 heteroatoms. The molecule has 0 bridgehead atoms. The molecule has 0 atom stereocenters. The van der Waals surface area contributed by atoms with Crippen LogP contribution in [0.3, 0.4) is 0 Å². The first kappa shape index (κ1) is 16.6. The highest BCUT2D eigenvalue weighted by Gasteiger charge is 2.19. The van der Waals surface area contributed by atoms with Crippen molar-refractivity contribution in [3.05, 3.63) is 82.6 Å². The molecule has 0 unspecified atom stereocenters. The van der Waals surface area contributed by atoms with Crippen molar-refractivity contribution in [2.24, 2.45) is 0 Å². The quantitative estimate of drug-likeness (QED) is 0.642. The van der Waals surface area contributed by atoms with E-state index in [-0.39, 0.29) is 11.1 Å². The Morgan fingerprint density at radius 1 is 1.00 bits per heavy atom. The number of rotatable bonds is 4. The van der Waals surface area contributed by atoms with E-state index in [1.807, 2.05) is 48.5 Å². The van der Waals surface area contributed by atoms with Crippen molar-refractivity contribution in [3.8, 4) is 11.5 Å². The normalized spacial score (nSPS) is 12.5. The van der Waals surface area contributed by atoms with Crippen LogP contribution in [0.25, 0.3) is 0 Å². The van der Waals surface area contributed by atoms with Gasteiger partial charge in [-0.15, -0.1) is 0 Å². The van der Waals surface area contributed by atoms with Gasteiger partial charge in [-0.3, -0.25) is 4.79 Å². The number of para-hydroxylation sites is 1. The van der Waals surface area contributed by atoms with Crippen molar-refractivity contribution in [1.82, 2.24) is 4.98 Å². The maximum Gasteiger partial charge on any atom is 0.258 e. The number of aromatic nitrogens is 1. The van der Waals surface area contributed by atoms with Gasteiger partial charge in [-0.2, -0.15) is 0 Å². The van der Waals surface area contributed by atoms with Crippen LogP contribution in [-0.2, 0) is 12.8 Å². The Balaban J connectivity index is 1.46. The summed E-state index contributed by atoms with van der Waals surface area (Å²) in [5.41, 5.74) is 3.21. The number of carbonyl (C=O) groups excluding carboxylic acids is 1. The van der Waals surface area contributed by atoms with Gasteiger partial charge in [0.15, 0.2) is 0 Å². The summed E-state index contributed by atoms with van der Waals surface area (Å²) < 4.78 is 5.75. The zero-order chi connectivity index (χ0) is 17.9. The summed E-state index contributed by atoms with van der Waals surface area (Å²) in [6, 6.07) is 18.6. The number of benzene rings is 2. The number of hydrogen-bond donors (Lipinski definition) is 1. The molecule has 1 aliphatic carbocycles. The third-order valence-corrected chi connectivity index (χ3v) is 4.63. The molecule has 1 amide bonds. The number of fused-ring (bicyclic) bond motifs is 1. The van der Waals surface area contributed by atoms with E-state index in [9.17, 15) is 4.79 Å². The second-order valence-electron chi connectivity index (χ2n) is 6.18. The number of amides is 1. The molecule has 0 spiro atoms. The van der Waals surface area contributed by atoms with E-state index in [0.717, 1.165) is 36.3 Å². The third kappa shape index (κ3) is 3.55. The van der Waals surface area contributed by atoms with E-state index in [0.29, 0.717) is 17.0 Å². The van der Waals surface area contributed by atoms with E-state index >= 15 is 0 Å². The van der Waals surface area contributed by atoms with Crippen LogP contribution in [0.2, 0.25) is 5.15 Å². The summed E-state index contributed by atoms with van der Waals surface area (Å²) in [7, 11) is 0. The van der Waals surface area contributed by atoms with Crippen molar-refractivity contribution < 1.29 is 9.53 Å². The van der Waals surface area contributed by atoms with Gasteiger partial charge >= 0.3 is 0 Å². The van der Waals surface area contributed by atoms with E-state index in [2.05, 4.69) is 10.3 Å². The molecule has 0 radical (unpaired) electrons. The van der Waals surface area contributed by atoms with Gasteiger partial charge in [-0.1, -0.05) is 29.8 Å². The van der Waals surface area contributed by atoms with E-state index in [1.54, 1.807) is 12.1 Å². The van der Waals surface area contributed by atoms with Crippen LogP contribution in [0.1, 0.15) is 28.0 Å². The lowest BCUT2D eigenvalue weighted by Gasteiger charge is -2.10. The molecule has 1 aliphatic rings. The number of carbonyl (C=O) groups is 1. The van der Waals surface area contributed by atoms with Crippen molar-refractivity contribution in [1.29, 1.82) is 0 Å². The van der Waals surface area contributed by atoms with Gasteiger partial charge in [0.2, 0.25) is 0 Å². The maximum absolute atomic E-state index is 12.5. The molecule has 4 rings (SSSR count). The fourth-order valence-electron chi connectivity index (χ4n) is 3.04. The van der Waals surface area contributed by atoms with Crippen LogP contribution in [0.4, 0.5) is 5.69 Å². The summed E-state index contributed by atoms with van der Waals surface area (Å²) in [6.45, 7) is 0. The fraction of sp³-hybridized carbons (Fsp3) is 0.143. The number of nitrogens with one attached hydrogen (secondary N) is 1. The second kappa shape index (κ2) is 7.18. The molecule has 0 saturated heterocycles. The van der Waals surface area contributed by atoms with Crippen LogP contribution < -0.4 is 10.1 Å². The summed E-state index contributed by atoms with van der Waals surface area (Å²) in [5.74, 6) is 1.21. The molecule has 0 fully saturated rings. The summed E-state index contributed by atoms with van der Waals surface area (Å²) in [4.78, 5) is 16.9. The number of aryl methyl sites for hydroxylation is 2. The Labute approximate surface area is 156 Å². The smallest absolute Gasteiger partial charge is 0.258 e. The van der Waals surface area contributed by atoms with E-state index in [1.165, 1.54) is 0 Å². The molecular weight excluding hydrogens is 348 g/mol. The van der Waals surface area contributed by atoms with Crippen molar-refractivity contribution in [2.45, 2.75) is 19.3 Å². The first-order valence-corrected chi connectivity index (χ1v) is 8.89. The monoisotopic (exact) mass is 364 g/mol. The molecule has 2 aromatic carbocycles. The Bertz CT molecular complexity index is 940. The van der Waals surface area contributed by atoms with Crippen LogP contribution in [0.15, 0.2) is 60.7 Å². The minimum atomic E-state index is -0.256. The average Bonchev–Trinajstić information content (AvgIpc) is 3.10. The van der Waals surface area contributed by atoms with Crippen LogP contribution >= 0.6 is 11.6 Å². The third-order valence-electron chi connectivity index (χ3n) is 4.34. The molecule has 4 nitrogen and oxygen atoms in total. The van der Waals surface area contributed by atoms with Gasteiger partial charge in [-0.25, -0.2) is 4.98 Å². The molecule has 3 aromatic rings. The van der Waals surface area contributed by atoms with Gasteiger partial charge in [0, 0.05) is 11.4 Å². The minimum Gasteiger partial charge on any atom is -0.457 e. The molecular formula is C21H17ClN2O2. The standard InChI is InChI=1S/C21H17ClN2O2/c22-20-18(13-14-5-4-8-19(14)24-20)21(25)23-15-9-11-17(12-10-15)26-16-6-2-1-3-7-16/h1-3,6-7,9-13H,4-5,8H2,(H,23,25). The highest BCUT2D eigenvalue weighted by atomic mass is 35.5. The molecule has 1 heterocycles. The summed E-state index contributed by atoms with van der Waals surface area (Å²) in [5, 5.41) is 3.12. The SMILES string of the molecule is O=C(Nc1ccc(Oc2ccccc2)cc1)c1cc2c(nc1Cl)CCC2. The second-order valence-corrected chi connectivity index (χ2v) is 6.54. The highest BCUT2D eigenvalue weighted by Crippen LogP contribution is 2.27. The van der Waals surface area contributed by atoms with E-state index in [4.69, 9.17) is 16.3 Å². The zero-order valence-electron chi connectivity index (χ0n) is 14.0. The number of hydrogen-bond acceptors (Lipinski definition) is 3. The molecule has 0 aliphatic heterocycles. The average molecular weight is 365 g/mol. The molecule has 1 N–H and O–H groups in total. The summed E-state index contributed by atoms with van der Waals surface area (Å²) >= 11 is 6.19. The molecule has 26 heavy (non-hydrogen) atoms. The van der Waals surface area contributed by atoms with E-state index < -0.39 is 0 Å². The van der Waals surface area contributed by atoms with Crippen molar-refractivity contribution in [2.75, 3.05) is 5.32 Å². The largest absolute Gasteiger partial charge is 0.457 e. The predicted octanol–water partition coefficient (Wildman–Crippen LogP) is 5.27. The maximum atomic E-state index is 12.5. The predicted molar refractivity (Wildman–Crippen MR) is 102 cm³/mol. The van der Waals surface area contributed by atoms with Crippen molar-refractivity contribution in [3.63, 3.8) is 0 Å². The number of pyridine rings is 1. The first-order chi connectivity index (χ1) is 12.7. The van der Waals surface area contributed by atoms with Gasteiger partial charge in [-0.05, 0) is 67.3 Å². The lowest BCUT2D eigenvalue weighted by atomic mass is 10.1. The number of anilines is 1. The van der Waals surface area contributed by atoms with Crippen LogP contribution in [-0.4, -0.2) is 10.9 Å². The topological polar surface area (TPSA) is 51.2 Å². The van der Waals surface area contributed by atoms with Gasteiger partial charge in [0.1, 0.15) is 16.7 Å². The van der Waals surface area contributed by atoms with Gasteiger partial charge < -0.3 is 10.1 Å². The zero-order valence-corrected chi connectivity index (χ0v) is 14.8. The Kier molecular flexibility index (Phi) is 4.59. The number of ether oxygens (including phenoxy) is 1. The lowest BCUT2D eigenvalue weighted by Crippen LogP contribution is -2.14. The molecule has 0 saturated carbocycles. The van der Waals surface area contributed by atoms with Crippen LogP contribution in [0.5, 0.6) is 11.5 Å². The Hall–Kier alpha value is -2.85. The fourth-order valence-corrected chi connectivity index (χ4v) is 3.28. The molecule has 130 valence electrons. The van der Waals surface area contributed by atoms with Gasteiger partial charge in [0.05, 0.1) is 5.56 Å². The lowest BCUT2D eigenvalue weighted by molar-refractivity contribution is 0.102. The highest BCUT2D eigenvalue weighted by molar-refractivity contribution is 6.33. The Morgan fingerprint density at radius 3 is 2.50 bits per heavy atom. The van der Waals surface area contributed by atoms with Crippen molar-refractivity contribution >= 4 is 23.2 Å².